The Balaban J connectivity index is 1.67. The van der Waals surface area contributed by atoms with Gasteiger partial charge in [0.2, 0.25) is 0 Å². The molecule has 2 heterocycles. The molecule has 1 fully saturated rings. The number of nitrogens with zero attached hydrogens (tertiary/aromatic N) is 2. The van der Waals surface area contributed by atoms with Crippen LogP contribution in [-0.4, -0.2) is 42.0 Å². The molecule has 7 heteroatoms. The molecule has 0 aliphatic carbocycles. The second kappa shape index (κ2) is 7.36. The maximum atomic E-state index is 13.9. The van der Waals surface area contributed by atoms with Crippen molar-refractivity contribution >= 4 is 17.2 Å². The minimum absolute atomic E-state index is 0.196. The number of hydrogen-bond acceptors (Lipinski definition) is 4. The van der Waals surface area contributed by atoms with Crippen molar-refractivity contribution in [2.24, 2.45) is 0 Å². The van der Waals surface area contributed by atoms with Crippen molar-refractivity contribution in [3.63, 3.8) is 0 Å². The predicted molar refractivity (Wildman–Crippen MR) is 90.2 cm³/mol. The molecule has 128 valence electrons. The van der Waals surface area contributed by atoms with Gasteiger partial charge in [-0.05, 0) is 45.0 Å². The van der Waals surface area contributed by atoms with E-state index < -0.39 is 11.6 Å². The molecule has 0 spiro atoms. The molecule has 24 heavy (non-hydrogen) atoms. The fraction of sp³-hybridized carbons (Fsp3) is 0.412. The van der Waals surface area contributed by atoms with Crippen LogP contribution in [0.5, 0.6) is 0 Å². The molecule has 1 aromatic carbocycles. The van der Waals surface area contributed by atoms with E-state index in [2.05, 4.69) is 15.2 Å². The lowest BCUT2D eigenvalue weighted by molar-refractivity contribution is 0.0953. The molecule has 1 saturated heterocycles. The molecule has 1 aliphatic rings. The number of benzene rings is 1. The van der Waals surface area contributed by atoms with Crippen LogP contribution < -0.4 is 5.32 Å². The Morgan fingerprint density at radius 2 is 2.08 bits per heavy atom. The van der Waals surface area contributed by atoms with Crippen LogP contribution in [0, 0.1) is 18.6 Å². The third-order valence-corrected chi connectivity index (χ3v) is 5.27. The summed E-state index contributed by atoms with van der Waals surface area (Å²) in [5, 5.41) is 3.28. The minimum atomic E-state index is -0.676. The molecule has 0 saturated carbocycles. The van der Waals surface area contributed by atoms with Crippen LogP contribution in [0.15, 0.2) is 18.2 Å². The molecule has 1 amide bonds. The highest BCUT2D eigenvalue weighted by Gasteiger charge is 2.18. The number of carbonyl (C=O) groups is 1. The van der Waals surface area contributed by atoms with Gasteiger partial charge in [0.25, 0.3) is 5.91 Å². The Morgan fingerprint density at radius 1 is 1.33 bits per heavy atom. The Bertz CT molecular complexity index is 741. The Morgan fingerprint density at radius 3 is 2.79 bits per heavy atom. The van der Waals surface area contributed by atoms with Crippen LogP contribution in [0.4, 0.5) is 8.78 Å². The zero-order valence-electron chi connectivity index (χ0n) is 13.4. The fourth-order valence-electron chi connectivity index (χ4n) is 2.80. The molecule has 1 aliphatic heterocycles. The molecule has 3 rings (SSSR count). The number of thiazole rings is 1. The van der Waals surface area contributed by atoms with Gasteiger partial charge in [-0.25, -0.2) is 13.8 Å². The molecule has 4 nitrogen and oxygen atoms in total. The lowest BCUT2D eigenvalue weighted by Crippen LogP contribution is -2.33. The van der Waals surface area contributed by atoms with E-state index in [1.54, 1.807) is 6.92 Å². The zero-order valence-corrected chi connectivity index (χ0v) is 14.3. The van der Waals surface area contributed by atoms with Crippen molar-refractivity contribution in [3.8, 4) is 10.6 Å². The smallest absolute Gasteiger partial charge is 0.263 e. The summed E-state index contributed by atoms with van der Waals surface area (Å²) in [7, 11) is 0. The van der Waals surface area contributed by atoms with E-state index in [0.717, 1.165) is 37.0 Å². The van der Waals surface area contributed by atoms with E-state index in [9.17, 15) is 13.6 Å². The summed E-state index contributed by atoms with van der Waals surface area (Å²) in [5.74, 6) is -1.51. The third-order valence-electron chi connectivity index (χ3n) is 4.08. The summed E-state index contributed by atoms with van der Waals surface area (Å²) >= 11 is 1.12. The van der Waals surface area contributed by atoms with Crippen molar-refractivity contribution in [2.75, 3.05) is 26.2 Å². The molecular weight excluding hydrogens is 332 g/mol. The van der Waals surface area contributed by atoms with E-state index in [-0.39, 0.29) is 11.5 Å². The van der Waals surface area contributed by atoms with Crippen LogP contribution in [0.1, 0.15) is 28.2 Å². The molecule has 0 bridgehead atoms. The average Bonchev–Trinajstić information content (AvgIpc) is 3.17. The van der Waals surface area contributed by atoms with Gasteiger partial charge in [-0.2, -0.15) is 0 Å². The number of halogens is 2. The molecule has 0 unspecified atom stereocenters. The average molecular weight is 351 g/mol. The molecule has 0 radical (unpaired) electrons. The van der Waals surface area contributed by atoms with Gasteiger partial charge in [0.15, 0.2) is 0 Å². The number of carbonyl (C=O) groups excluding carboxylic acids is 1. The lowest BCUT2D eigenvalue weighted by Gasteiger charge is -2.14. The van der Waals surface area contributed by atoms with Gasteiger partial charge >= 0.3 is 0 Å². The fourth-order valence-corrected chi connectivity index (χ4v) is 3.81. The van der Waals surface area contributed by atoms with Crippen LogP contribution in [-0.2, 0) is 0 Å². The Labute approximate surface area is 143 Å². The molecule has 0 atom stereocenters. The first-order valence-electron chi connectivity index (χ1n) is 7.98. The maximum absolute atomic E-state index is 13.9. The first-order valence-corrected chi connectivity index (χ1v) is 8.79. The third kappa shape index (κ3) is 3.79. The van der Waals surface area contributed by atoms with Crippen molar-refractivity contribution in [3.05, 3.63) is 40.4 Å². The number of nitrogens with one attached hydrogen (secondary N) is 1. The Hall–Kier alpha value is -1.86. The van der Waals surface area contributed by atoms with Crippen molar-refractivity contribution < 1.29 is 13.6 Å². The van der Waals surface area contributed by atoms with E-state index in [4.69, 9.17) is 0 Å². The molecule has 2 aromatic rings. The van der Waals surface area contributed by atoms with E-state index in [1.807, 2.05) is 0 Å². The number of likely N-dealkylation sites (tertiary alicyclic amines) is 1. The van der Waals surface area contributed by atoms with Crippen molar-refractivity contribution in [1.82, 2.24) is 15.2 Å². The van der Waals surface area contributed by atoms with Crippen LogP contribution >= 0.6 is 11.3 Å². The van der Waals surface area contributed by atoms with Gasteiger partial charge in [-0.15, -0.1) is 11.3 Å². The van der Waals surface area contributed by atoms with Gasteiger partial charge in [-0.3, -0.25) is 4.79 Å². The number of aryl methyl sites for hydroxylation is 1. The number of rotatable bonds is 5. The van der Waals surface area contributed by atoms with Crippen molar-refractivity contribution in [1.29, 1.82) is 0 Å². The lowest BCUT2D eigenvalue weighted by atomic mass is 10.2. The SMILES string of the molecule is Cc1nc(-c2ccc(F)cc2F)sc1C(=O)NCCN1CCCC1. The summed E-state index contributed by atoms with van der Waals surface area (Å²) in [6, 6.07) is 3.35. The first-order chi connectivity index (χ1) is 11.5. The highest BCUT2D eigenvalue weighted by atomic mass is 32.1. The van der Waals surface area contributed by atoms with Gasteiger partial charge < -0.3 is 10.2 Å². The largest absolute Gasteiger partial charge is 0.350 e. The summed E-state index contributed by atoms with van der Waals surface area (Å²) in [6.07, 6.45) is 2.43. The second-order valence-corrected chi connectivity index (χ2v) is 6.86. The summed E-state index contributed by atoms with van der Waals surface area (Å²) in [5.41, 5.74) is 0.762. The van der Waals surface area contributed by atoms with Crippen LogP contribution in [0.25, 0.3) is 10.6 Å². The highest BCUT2D eigenvalue weighted by Crippen LogP contribution is 2.30. The van der Waals surface area contributed by atoms with E-state index >= 15 is 0 Å². The van der Waals surface area contributed by atoms with E-state index in [1.165, 1.54) is 25.0 Å². The molecule has 1 N–H and O–H groups in total. The first kappa shape index (κ1) is 17.0. The second-order valence-electron chi connectivity index (χ2n) is 5.86. The van der Waals surface area contributed by atoms with E-state index in [0.29, 0.717) is 22.1 Å². The van der Waals surface area contributed by atoms with Crippen LogP contribution in [0.2, 0.25) is 0 Å². The van der Waals surface area contributed by atoms with Gasteiger partial charge in [0.1, 0.15) is 21.5 Å². The van der Waals surface area contributed by atoms with Crippen molar-refractivity contribution in [2.45, 2.75) is 19.8 Å². The zero-order chi connectivity index (χ0) is 17.1. The Kier molecular flexibility index (Phi) is 5.20. The molecular formula is C17H19F2N3OS. The summed E-state index contributed by atoms with van der Waals surface area (Å²) in [6.45, 7) is 5.31. The standard InChI is InChI=1S/C17H19F2N3OS/c1-11-15(16(23)20-6-9-22-7-2-3-8-22)24-17(21-11)13-5-4-12(18)10-14(13)19/h4-5,10H,2-3,6-9H2,1H3,(H,20,23). The summed E-state index contributed by atoms with van der Waals surface area (Å²) < 4.78 is 26.9. The molecule has 1 aromatic heterocycles. The predicted octanol–water partition coefficient (Wildman–Crippen LogP) is 3.22. The number of aromatic nitrogens is 1. The minimum Gasteiger partial charge on any atom is -0.350 e. The van der Waals surface area contributed by atoms with Gasteiger partial charge in [0, 0.05) is 24.7 Å². The monoisotopic (exact) mass is 351 g/mol. The number of hydrogen-bond donors (Lipinski definition) is 1. The maximum Gasteiger partial charge on any atom is 0.263 e. The topological polar surface area (TPSA) is 45.2 Å². The highest BCUT2D eigenvalue weighted by molar-refractivity contribution is 7.17. The quantitative estimate of drug-likeness (QED) is 0.900. The van der Waals surface area contributed by atoms with Crippen LogP contribution in [0.3, 0.4) is 0 Å². The number of amides is 1. The summed E-state index contributed by atoms with van der Waals surface area (Å²) in [4.78, 5) is 19.4. The normalized spacial score (nSPS) is 15.0. The van der Waals surface area contributed by atoms with Gasteiger partial charge in [-0.1, -0.05) is 0 Å². The van der Waals surface area contributed by atoms with Gasteiger partial charge in [0.05, 0.1) is 5.69 Å².